The molecule has 0 saturated heterocycles. The van der Waals surface area contributed by atoms with E-state index in [-0.39, 0.29) is 5.56 Å². The largest absolute Gasteiger partial charge is 0.494 e. The van der Waals surface area contributed by atoms with Crippen molar-refractivity contribution >= 4 is 5.97 Å². The zero-order valence-electron chi connectivity index (χ0n) is 11.4. The second kappa shape index (κ2) is 4.76. The zero-order valence-corrected chi connectivity index (χ0v) is 11.4. The molecule has 0 fully saturated rings. The molecule has 5 nitrogen and oxygen atoms in total. The highest BCUT2D eigenvalue weighted by atomic mass is 16.5. The molecule has 100 valence electrons. The SMILES string of the molecule is COc1ccc(C(=O)O)cc1-n1nc(C)c(C)c1C. The van der Waals surface area contributed by atoms with Crippen LogP contribution in [0.15, 0.2) is 18.2 Å². The van der Waals surface area contributed by atoms with E-state index in [0.29, 0.717) is 11.4 Å². The van der Waals surface area contributed by atoms with Crippen molar-refractivity contribution in [2.45, 2.75) is 20.8 Å². The number of carboxylic acids is 1. The van der Waals surface area contributed by atoms with Crippen molar-refractivity contribution in [1.82, 2.24) is 9.78 Å². The van der Waals surface area contributed by atoms with Gasteiger partial charge < -0.3 is 9.84 Å². The fraction of sp³-hybridized carbons (Fsp3) is 0.286. The summed E-state index contributed by atoms with van der Waals surface area (Å²) in [6, 6.07) is 4.73. The minimum Gasteiger partial charge on any atom is -0.494 e. The lowest BCUT2D eigenvalue weighted by atomic mass is 10.1. The number of rotatable bonds is 3. The molecule has 1 aromatic carbocycles. The van der Waals surface area contributed by atoms with E-state index >= 15 is 0 Å². The Morgan fingerprint density at radius 2 is 2.00 bits per heavy atom. The van der Waals surface area contributed by atoms with Crippen molar-refractivity contribution in [1.29, 1.82) is 0 Å². The molecule has 1 aromatic heterocycles. The first-order chi connectivity index (χ1) is 8.95. The van der Waals surface area contributed by atoms with Gasteiger partial charge >= 0.3 is 5.97 Å². The molecular weight excluding hydrogens is 244 g/mol. The van der Waals surface area contributed by atoms with Crippen molar-refractivity contribution in [3.63, 3.8) is 0 Å². The highest BCUT2D eigenvalue weighted by Gasteiger charge is 2.15. The number of methoxy groups -OCH3 is 1. The molecular formula is C14H16N2O3. The van der Waals surface area contributed by atoms with Crippen LogP contribution in [0.25, 0.3) is 5.69 Å². The van der Waals surface area contributed by atoms with Crippen LogP contribution in [0, 0.1) is 20.8 Å². The second-order valence-electron chi connectivity index (χ2n) is 4.40. The smallest absolute Gasteiger partial charge is 0.335 e. The average Bonchev–Trinajstić information content (AvgIpc) is 2.65. The van der Waals surface area contributed by atoms with Crippen molar-refractivity contribution < 1.29 is 14.6 Å². The van der Waals surface area contributed by atoms with E-state index in [9.17, 15) is 4.79 Å². The van der Waals surface area contributed by atoms with Gasteiger partial charge in [-0.2, -0.15) is 5.10 Å². The van der Waals surface area contributed by atoms with Gasteiger partial charge in [0.2, 0.25) is 0 Å². The maximum atomic E-state index is 11.1. The molecule has 0 aliphatic heterocycles. The van der Waals surface area contributed by atoms with Crippen LogP contribution in [-0.2, 0) is 0 Å². The number of nitrogens with zero attached hydrogens (tertiary/aromatic N) is 2. The molecule has 0 saturated carbocycles. The van der Waals surface area contributed by atoms with Crippen molar-refractivity contribution in [2.75, 3.05) is 7.11 Å². The van der Waals surface area contributed by atoms with Gasteiger partial charge in [0.15, 0.2) is 0 Å². The van der Waals surface area contributed by atoms with Crippen molar-refractivity contribution in [2.24, 2.45) is 0 Å². The van der Waals surface area contributed by atoms with Gasteiger partial charge in [0.25, 0.3) is 0 Å². The number of aromatic carboxylic acids is 1. The lowest BCUT2D eigenvalue weighted by molar-refractivity contribution is 0.0697. The number of aryl methyl sites for hydroxylation is 1. The normalized spacial score (nSPS) is 10.5. The Balaban J connectivity index is 2.68. The summed E-state index contributed by atoms with van der Waals surface area (Å²) in [4.78, 5) is 11.1. The van der Waals surface area contributed by atoms with E-state index in [1.54, 1.807) is 23.9 Å². The highest BCUT2D eigenvalue weighted by molar-refractivity contribution is 5.88. The molecule has 1 heterocycles. The third kappa shape index (κ3) is 2.19. The first-order valence-electron chi connectivity index (χ1n) is 5.90. The molecule has 19 heavy (non-hydrogen) atoms. The standard InChI is InChI=1S/C14H16N2O3/c1-8-9(2)15-16(10(8)3)12-7-11(14(17)18)5-6-13(12)19-4/h5-7H,1-4H3,(H,17,18). The quantitative estimate of drug-likeness (QED) is 0.920. The van der Waals surface area contributed by atoms with Gasteiger partial charge in [0.1, 0.15) is 11.4 Å². The maximum absolute atomic E-state index is 11.1. The Kier molecular flexibility index (Phi) is 3.29. The van der Waals surface area contributed by atoms with Gasteiger partial charge in [-0.1, -0.05) is 0 Å². The summed E-state index contributed by atoms with van der Waals surface area (Å²) >= 11 is 0. The molecule has 0 amide bonds. The van der Waals surface area contributed by atoms with E-state index in [1.165, 1.54) is 6.07 Å². The minimum atomic E-state index is -0.970. The Morgan fingerprint density at radius 1 is 1.32 bits per heavy atom. The van der Waals surface area contributed by atoms with E-state index in [0.717, 1.165) is 17.0 Å². The molecule has 0 bridgehead atoms. The van der Waals surface area contributed by atoms with Gasteiger partial charge in [-0.15, -0.1) is 0 Å². The molecule has 0 aliphatic carbocycles. The zero-order chi connectivity index (χ0) is 14.2. The number of hydrogen-bond donors (Lipinski definition) is 1. The van der Waals surface area contributed by atoms with Crippen LogP contribution in [0.4, 0.5) is 0 Å². The predicted molar refractivity (Wildman–Crippen MR) is 71.3 cm³/mol. The number of carbonyl (C=O) groups is 1. The maximum Gasteiger partial charge on any atom is 0.335 e. The Bertz CT molecular complexity index is 644. The van der Waals surface area contributed by atoms with Crippen LogP contribution in [-0.4, -0.2) is 28.0 Å². The summed E-state index contributed by atoms with van der Waals surface area (Å²) in [5.74, 6) is -0.377. The molecule has 0 atom stereocenters. The third-order valence-electron chi connectivity index (χ3n) is 3.31. The molecule has 0 unspecified atom stereocenters. The first kappa shape index (κ1) is 13.1. The monoisotopic (exact) mass is 260 g/mol. The summed E-state index contributed by atoms with van der Waals surface area (Å²) in [6.07, 6.45) is 0. The van der Waals surface area contributed by atoms with Crippen molar-refractivity contribution in [3.8, 4) is 11.4 Å². The topological polar surface area (TPSA) is 64.3 Å². The summed E-state index contributed by atoms with van der Waals surface area (Å²) in [5, 5.41) is 13.5. The number of ether oxygens (including phenoxy) is 1. The van der Waals surface area contributed by atoms with Gasteiger partial charge in [-0.05, 0) is 44.5 Å². The van der Waals surface area contributed by atoms with Crippen LogP contribution in [0.2, 0.25) is 0 Å². The van der Waals surface area contributed by atoms with Crippen LogP contribution in [0.3, 0.4) is 0 Å². The third-order valence-corrected chi connectivity index (χ3v) is 3.31. The van der Waals surface area contributed by atoms with Gasteiger partial charge in [0.05, 0.1) is 18.4 Å². The van der Waals surface area contributed by atoms with Gasteiger partial charge in [-0.25, -0.2) is 9.48 Å². The lowest BCUT2D eigenvalue weighted by Crippen LogP contribution is -2.05. The van der Waals surface area contributed by atoms with E-state index in [2.05, 4.69) is 5.10 Å². The van der Waals surface area contributed by atoms with Crippen LogP contribution in [0.1, 0.15) is 27.3 Å². The molecule has 5 heteroatoms. The second-order valence-corrected chi connectivity index (χ2v) is 4.40. The Labute approximate surface area is 111 Å². The molecule has 0 aliphatic rings. The Hall–Kier alpha value is -2.30. The predicted octanol–water partition coefficient (Wildman–Crippen LogP) is 2.50. The summed E-state index contributed by atoms with van der Waals surface area (Å²) < 4.78 is 7.00. The summed E-state index contributed by atoms with van der Waals surface area (Å²) in [7, 11) is 1.55. The minimum absolute atomic E-state index is 0.209. The Morgan fingerprint density at radius 3 is 2.47 bits per heavy atom. The van der Waals surface area contributed by atoms with Crippen molar-refractivity contribution in [3.05, 3.63) is 40.7 Å². The fourth-order valence-electron chi connectivity index (χ4n) is 1.94. The van der Waals surface area contributed by atoms with Crippen LogP contribution < -0.4 is 4.74 Å². The fourth-order valence-corrected chi connectivity index (χ4v) is 1.94. The molecule has 2 rings (SSSR count). The lowest BCUT2D eigenvalue weighted by Gasteiger charge is -2.11. The molecule has 1 N–H and O–H groups in total. The number of carboxylic acid groups (broad SMARTS) is 1. The molecule has 0 radical (unpaired) electrons. The summed E-state index contributed by atoms with van der Waals surface area (Å²) in [6.45, 7) is 5.86. The van der Waals surface area contributed by atoms with E-state index in [4.69, 9.17) is 9.84 Å². The first-order valence-corrected chi connectivity index (χ1v) is 5.90. The molecule has 0 spiro atoms. The van der Waals surface area contributed by atoms with Gasteiger partial charge in [-0.3, -0.25) is 0 Å². The average molecular weight is 260 g/mol. The van der Waals surface area contributed by atoms with E-state index < -0.39 is 5.97 Å². The highest BCUT2D eigenvalue weighted by Crippen LogP contribution is 2.26. The number of hydrogen-bond acceptors (Lipinski definition) is 3. The number of aromatic nitrogens is 2. The van der Waals surface area contributed by atoms with E-state index in [1.807, 2.05) is 20.8 Å². The van der Waals surface area contributed by atoms with Crippen LogP contribution >= 0.6 is 0 Å². The summed E-state index contributed by atoms with van der Waals surface area (Å²) in [5.41, 5.74) is 3.82. The van der Waals surface area contributed by atoms with Gasteiger partial charge in [0, 0.05) is 5.69 Å². The molecule has 2 aromatic rings. The number of benzene rings is 1. The van der Waals surface area contributed by atoms with Crippen LogP contribution in [0.5, 0.6) is 5.75 Å².